The maximum absolute atomic E-state index is 14.2. The van der Waals surface area contributed by atoms with Crippen LogP contribution in [0, 0.1) is 5.82 Å². The van der Waals surface area contributed by atoms with E-state index in [-0.39, 0.29) is 11.6 Å². The van der Waals surface area contributed by atoms with Gasteiger partial charge in [-0.1, -0.05) is 35.9 Å². The van der Waals surface area contributed by atoms with Crippen molar-refractivity contribution in [3.8, 4) is 0 Å². The Morgan fingerprint density at radius 2 is 1.66 bits per heavy atom. The highest BCUT2D eigenvalue weighted by Crippen LogP contribution is 2.37. The first-order chi connectivity index (χ1) is 15.3. The number of aliphatic hydroxyl groups is 5. The van der Waals surface area contributed by atoms with Gasteiger partial charge >= 0.3 is 0 Å². The fourth-order valence-electron chi connectivity index (χ4n) is 4.20. The van der Waals surface area contributed by atoms with Crippen molar-refractivity contribution in [3.05, 3.63) is 70.1 Å². The van der Waals surface area contributed by atoms with E-state index in [2.05, 4.69) is 0 Å². The van der Waals surface area contributed by atoms with Crippen LogP contribution in [0.2, 0.25) is 5.02 Å². The normalized spacial score (nSPS) is 26.0. The topological polar surface area (TPSA) is 115 Å². The van der Waals surface area contributed by atoms with Crippen LogP contribution < -0.4 is 0 Å². The van der Waals surface area contributed by atoms with Crippen LogP contribution in [0.5, 0.6) is 0 Å². The SMILES string of the molecule is OCCc1ccc(Cc2cn([C@@H]3O[C@H](CO)[C@@H](O)[C@H](O)[C@H]3O)c3c(Cl)cc(F)cc23)cc1. The molecule has 32 heavy (non-hydrogen) atoms. The van der Waals surface area contributed by atoms with Gasteiger partial charge in [0.2, 0.25) is 0 Å². The summed E-state index contributed by atoms with van der Waals surface area (Å²) in [7, 11) is 0. The average molecular weight is 466 g/mol. The Kier molecular flexibility index (Phi) is 6.83. The zero-order valence-electron chi connectivity index (χ0n) is 17.1. The lowest BCUT2D eigenvalue weighted by Crippen LogP contribution is -2.56. The molecule has 1 aliphatic rings. The van der Waals surface area contributed by atoms with Gasteiger partial charge in [-0.15, -0.1) is 0 Å². The molecule has 4 rings (SSSR count). The smallest absolute Gasteiger partial charge is 0.163 e. The minimum absolute atomic E-state index is 0.0592. The lowest BCUT2D eigenvalue weighted by molar-refractivity contribution is -0.250. The average Bonchev–Trinajstić information content (AvgIpc) is 3.12. The molecule has 1 fully saturated rings. The Hall–Kier alpha value is -2.04. The molecule has 5 N–H and O–H groups in total. The van der Waals surface area contributed by atoms with Crippen LogP contribution in [-0.4, -0.2) is 67.7 Å². The van der Waals surface area contributed by atoms with E-state index in [0.29, 0.717) is 29.3 Å². The minimum Gasteiger partial charge on any atom is -0.396 e. The van der Waals surface area contributed by atoms with E-state index < -0.39 is 43.1 Å². The van der Waals surface area contributed by atoms with Crippen LogP contribution in [0.4, 0.5) is 4.39 Å². The third-order valence-corrected chi connectivity index (χ3v) is 6.17. The summed E-state index contributed by atoms with van der Waals surface area (Å²) in [6.45, 7) is -0.500. The molecule has 0 radical (unpaired) electrons. The van der Waals surface area contributed by atoms with Crippen LogP contribution in [-0.2, 0) is 17.6 Å². The molecule has 0 aliphatic carbocycles. The van der Waals surface area contributed by atoms with E-state index in [9.17, 15) is 24.8 Å². The third kappa shape index (κ3) is 4.27. The first-order valence-electron chi connectivity index (χ1n) is 10.3. The summed E-state index contributed by atoms with van der Waals surface area (Å²) in [6.07, 6.45) is -4.13. The molecule has 2 aromatic carbocycles. The first kappa shape index (κ1) is 23.1. The predicted molar refractivity (Wildman–Crippen MR) is 116 cm³/mol. The lowest BCUT2D eigenvalue weighted by atomic mass is 9.98. The Morgan fingerprint density at radius 3 is 2.31 bits per heavy atom. The first-order valence-corrected chi connectivity index (χ1v) is 10.7. The molecule has 7 nitrogen and oxygen atoms in total. The van der Waals surface area contributed by atoms with Crippen molar-refractivity contribution in [2.45, 2.75) is 43.5 Å². The van der Waals surface area contributed by atoms with Crippen molar-refractivity contribution in [1.82, 2.24) is 4.57 Å². The molecule has 2 heterocycles. The number of hydrogen-bond donors (Lipinski definition) is 5. The Balaban J connectivity index is 1.77. The van der Waals surface area contributed by atoms with Gasteiger partial charge in [-0.3, -0.25) is 0 Å². The zero-order valence-corrected chi connectivity index (χ0v) is 17.9. The van der Waals surface area contributed by atoms with Crippen LogP contribution >= 0.6 is 11.6 Å². The van der Waals surface area contributed by atoms with E-state index in [0.717, 1.165) is 17.2 Å². The zero-order chi connectivity index (χ0) is 23.0. The summed E-state index contributed by atoms with van der Waals surface area (Å²) in [5.74, 6) is -0.520. The molecular weight excluding hydrogens is 441 g/mol. The molecule has 0 spiro atoms. The lowest BCUT2D eigenvalue weighted by Gasteiger charge is -2.40. The number of rotatable bonds is 6. The van der Waals surface area contributed by atoms with Gasteiger partial charge in [-0.05, 0) is 41.7 Å². The highest BCUT2D eigenvalue weighted by Gasteiger charge is 2.44. The number of hydrogen-bond acceptors (Lipinski definition) is 6. The van der Waals surface area contributed by atoms with Gasteiger partial charge in [-0.2, -0.15) is 0 Å². The third-order valence-electron chi connectivity index (χ3n) is 5.89. The van der Waals surface area contributed by atoms with E-state index in [4.69, 9.17) is 21.4 Å². The maximum atomic E-state index is 14.2. The summed E-state index contributed by atoms with van der Waals surface area (Å²) < 4.78 is 21.4. The Labute approximate surface area is 188 Å². The quantitative estimate of drug-likeness (QED) is 0.377. The van der Waals surface area contributed by atoms with Crippen LogP contribution in [0.15, 0.2) is 42.6 Å². The van der Waals surface area contributed by atoms with Crippen molar-refractivity contribution in [1.29, 1.82) is 0 Å². The molecule has 172 valence electrons. The molecule has 3 aromatic rings. The van der Waals surface area contributed by atoms with Gasteiger partial charge < -0.3 is 34.8 Å². The Bertz CT molecular complexity index is 1090. The van der Waals surface area contributed by atoms with Gasteiger partial charge in [0.05, 0.1) is 17.1 Å². The molecule has 1 aliphatic heterocycles. The second kappa shape index (κ2) is 9.44. The summed E-state index contributed by atoms with van der Waals surface area (Å²) in [5.41, 5.74) is 3.06. The standard InChI is InChI=1S/C23H25ClFNO6/c24-17-9-15(25)8-16-14(7-13-3-1-12(2-4-13)5-6-27)10-26(19(16)17)23-22(31)21(30)20(29)18(11-28)32-23/h1-4,8-10,18,20-23,27-31H,5-7,11H2/t18-,20-,21+,22-,23-/m1/s1. The van der Waals surface area contributed by atoms with Crippen molar-refractivity contribution < 1.29 is 34.7 Å². The minimum atomic E-state index is -1.55. The number of benzene rings is 2. The highest BCUT2D eigenvalue weighted by molar-refractivity contribution is 6.35. The van der Waals surface area contributed by atoms with Crippen molar-refractivity contribution >= 4 is 22.5 Å². The number of nitrogens with zero attached hydrogens (tertiary/aromatic N) is 1. The molecule has 9 heteroatoms. The number of aliphatic hydroxyl groups excluding tert-OH is 5. The van der Waals surface area contributed by atoms with Gasteiger partial charge in [0.25, 0.3) is 0 Å². The summed E-state index contributed by atoms with van der Waals surface area (Å²) in [5, 5.41) is 50.1. The predicted octanol–water partition coefficient (Wildman–Crippen LogP) is 1.53. The molecule has 5 atom stereocenters. The highest BCUT2D eigenvalue weighted by atomic mass is 35.5. The number of fused-ring (bicyclic) bond motifs is 1. The van der Waals surface area contributed by atoms with E-state index in [1.165, 1.54) is 10.6 Å². The monoisotopic (exact) mass is 465 g/mol. The van der Waals surface area contributed by atoms with Crippen molar-refractivity contribution in [3.63, 3.8) is 0 Å². The summed E-state index contributed by atoms with van der Waals surface area (Å²) >= 11 is 6.36. The molecule has 1 aromatic heterocycles. The second-order valence-electron chi connectivity index (χ2n) is 8.03. The van der Waals surface area contributed by atoms with Gasteiger partial charge in [-0.25, -0.2) is 4.39 Å². The van der Waals surface area contributed by atoms with Crippen molar-refractivity contribution in [2.24, 2.45) is 0 Å². The van der Waals surface area contributed by atoms with E-state index >= 15 is 0 Å². The van der Waals surface area contributed by atoms with Gasteiger partial charge in [0.1, 0.15) is 30.2 Å². The van der Waals surface area contributed by atoms with Gasteiger partial charge in [0.15, 0.2) is 6.23 Å². The van der Waals surface area contributed by atoms with Crippen molar-refractivity contribution in [2.75, 3.05) is 13.2 Å². The van der Waals surface area contributed by atoms with Crippen LogP contribution in [0.3, 0.4) is 0 Å². The van der Waals surface area contributed by atoms with E-state index in [1.807, 2.05) is 24.3 Å². The number of halogens is 2. The Morgan fingerprint density at radius 1 is 0.969 bits per heavy atom. The van der Waals surface area contributed by atoms with E-state index in [1.54, 1.807) is 6.20 Å². The maximum Gasteiger partial charge on any atom is 0.163 e. The summed E-state index contributed by atoms with van der Waals surface area (Å²) in [6, 6.07) is 10.2. The van der Waals surface area contributed by atoms with Gasteiger partial charge in [0, 0.05) is 18.2 Å². The number of aromatic nitrogens is 1. The molecule has 0 amide bonds. The molecular formula is C23H25ClFNO6. The molecule has 0 unspecified atom stereocenters. The second-order valence-corrected chi connectivity index (χ2v) is 8.44. The number of ether oxygens (including phenoxy) is 1. The summed E-state index contributed by atoms with van der Waals surface area (Å²) in [4.78, 5) is 0. The fourth-order valence-corrected chi connectivity index (χ4v) is 4.50. The largest absolute Gasteiger partial charge is 0.396 e. The molecule has 1 saturated heterocycles. The van der Waals surface area contributed by atoms with Crippen LogP contribution in [0.25, 0.3) is 10.9 Å². The molecule has 0 saturated carbocycles. The van der Waals surface area contributed by atoms with Crippen LogP contribution in [0.1, 0.15) is 22.9 Å². The molecule has 0 bridgehead atoms. The fraction of sp³-hybridized carbons (Fsp3) is 0.391.